The number of rotatable bonds is 3. The number of halogens is 1. The second-order valence-corrected chi connectivity index (χ2v) is 8.76. The molecule has 144 valence electrons. The SMILES string of the molecule is CN(C)c1ccc(N=CC23OCCCN2C2CC=C(Cl)C=C2C3(C)C)cc1. The van der Waals surface area contributed by atoms with Crippen LogP contribution in [0.4, 0.5) is 11.4 Å². The first-order valence-corrected chi connectivity index (χ1v) is 10.0. The highest BCUT2D eigenvalue weighted by Crippen LogP contribution is 2.55. The van der Waals surface area contributed by atoms with Crippen molar-refractivity contribution in [3.05, 3.63) is 47.0 Å². The highest BCUT2D eigenvalue weighted by Gasteiger charge is 2.62. The largest absolute Gasteiger partial charge is 0.378 e. The third kappa shape index (κ3) is 2.95. The number of hydrogen-bond acceptors (Lipinski definition) is 4. The first-order valence-electron chi connectivity index (χ1n) is 9.66. The number of aliphatic imine (C=N–C) groups is 1. The van der Waals surface area contributed by atoms with Crippen LogP contribution in [-0.4, -0.2) is 50.1 Å². The number of benzene rings is 1. The monoisotopic (exact) mass is 385 g/mol. The van der Waals surface area contributed by atoms with Gasteiger partial charge in [0.05, 0.1) is 18.5 Å². The van der Waals surface area contributed by atoms with E-state index in [0.717, 1.165) is 36.7 Å². The first-order chi connectivity index (χ1) is 12.8. The number of nitrogens with zero attached hydrogens (tertiary/aromatic N) is 3. The van der Waals surface area contributed by atoms with Gasteiger partial charge in [-0.05, 0) is 48.8 Å². The molecule has 3 aliphatic rings. The maximum Gasteiger partial charge on any atom is 0.167 e. The molecule has 2 saturated heterocycles. The molecule has 0 bridgehead atoms. The molecule has 1 aromatic carbocycles. The quantitative estimate of drug-likeness (QED) is 0.704. The molecule has 5 heteroatoms. The summed E-state index contributed by atoms with van der Waals surface area (Å²) in [7, 11) is 4.08. The van der Waals surface area contributed by atoms with Gasteiger partial charge in [-0.25, -0.2) is 0 Å². The van der Waals surface area contributed by atoms with Crippen molar-refractivity contribution in [3.63, 3.8) is 0 Å². The van der Waals surface area contributed by atoms with Crippen molar-refractivity contribution >= 4 is 29.2 Å². The van der Waals surface area contributed by atoms with Gasteiger partial charge in [-0.2, -0.15) is 0 Å². The van der Waals surface area contributed by atoms with Crippen LogP contribution in [0.1, 0.15) is 26.7 Å². The van der Waals surface area contributed by atoms with Crippen LogP contribution < -0.4 is 4.90 Å². The molecule has 4 rings (SSSR count). The molecular formula is C22H28ClN3O. The van der Waals surface area contributed by atoms with E-state index in [1.807, 2.05) is 20.3 Å². The highest BCUT2D eigenvalue weighted by molar-refractivity contribution is 6.31. The molecule has 2 aliphatic heterocycles. The molecule has 2 unspecified atom stereocenters. The minimum Gasteiger partial charge on any atom is -0.378 e. The molecule has 2 fully saturated rings. The third-order valence-corrected chi connectivity index (χ3v) is 6.49. The molecule has 2 heterocycles. The van der Waals surface area contributed by atoms with Gasteiger partial charge in [0.1, 0.15) is 0 Å². The van der Waals surface area contributed by atoms with Gasteiger partial charge in [0.25, 0.3) is 0 Å². The van der Waals surface area contributed by atoms with E-state index in [1.54, 1.807) is 0 Å². The van der Waals surface area contributed by atoms with Crippen LogP contribution in [0.3, 0.4) is 0 Å². The summed E-state index contributed by atoms with van der Waals surface area (Å²) in [6.07, 6.45) is 8.27. The fourth-order valence-electron chi connectivity index (χ4n) is 4.66. The van der Waals surface area contributed by atoms with Crippen molar-refractivity contribution in [1.29, 1.82) is 0 Å². The molecule has 27 heavy (non-hydrogen) atoms. The van der Waals surface area contributed by atoms with Crippen LogP contribution in [0.15, 0.2) is 52.0 Å². The summed E-state index contributed by atoms with van der Waals surface area (Å²) in [4.78, 5) is 9.42. The molecule has 0 saturated carbocycles. The Morgan fingerprint density at radius 1 is 1.26 bits per heavy atom. The lowest BCUT2D eigenvalue weighted by Crippen LogP contribution is -2.59. The number of anilines is 1. The van der Waals surface area contributed by atoms with Crippen molar-refractivity contribution in [2.45, 2.75) is 38.5 Å². The average Bonchev–Trinajstić information content (AvgIpc) is 2.85. The lowest BCUT2D eigenvalue weighted by atomic mass is 9.75. The molecule has 0 amide bonds. The first kappa shape index (κ1) is 18.7. The predicted octanol–water partition coefficient (Wildman–Crippen LogP) is 4.73. The Hall–Kier alpha value is -1.62. The van der Waals surface area contributed by atoms with E-state index in [4.69, 9.17) is 21.3 Å². The number of fused-ring (bicyclic) bond motifs is 3. The summed E-state index contributed by atoms with van der Waals surface area (Å²) < 4.78 is 6.48. The second kappa shape index (κ2) is 6.77. The van der Waals surface area contributed by atoms with Gasteiger partial charge in [-0.1, -0.05) is 31.5 Å². The standard InChI is InChI=1S/C22H28ClN3O/c1-21(2)19-14-16(23)6-11-20(19)26-12-5-13-27-22(21,26)15-24-17-7-9-18(10-8-17)25(3)4/h6-10,14-15,20H,5,11-13H2,1-4H3. The smallest absolute Gasteiger partial charge is 0.167 e. The average molecular weight is 386 g/mol. The lowest BCUT2D eigenvalue weighted by Gasteiger charge is -2.46. The van der Waals surface area contributed by atoms with E-state index in [0.29, 0.717) is 6.04 Å². The lowest BCUT2D eigenvalue weighted by molar-refractivity contribution is -0.163. The van der Waals surface area contributed by atoms with E-state index >= 15 is 0 Å². The van der Waals surface area contributed by atoms with Crippen molar-refractivity contribution in [1.82, 2.24) is 4.90 Å². The van der Waals surface area contributed by atoms with Crippen molar-refractivity contribution in [3.8, 4) is 0 Å². The summed E-state index contributed by atoms with van der Waals surface area (Å²) in [5, 5.41) is 0.834. The molecule has 1 aromatic rings. The normalized spacial score (nSPS) is 29.9. The molecule has 0 radical (unpaired) electrons. The Balaban J connectivity index is 1.71. The second-order valence-electron chi connectivity index (χ2n) is 8.33. The van der Waals surface area contributed by atoms with Crippen LogP contribution in [0.5, 0.6) is 0 Å². The molecule has 4 nitrogen and oxygen atoms in total. The molecule has 2 atom stereocenters. The molecule has 0 spiro atoms. The van der Waals surface area contributed by atoms with Crippen LogP contribution >= 0.6 is 11.6 Å². The Morgan fingerprint density at radius 3 is 2.70 bits per heavy atom. The molecule has 0 N–H and O–H groups in total. The number of allylic oxidation sites excluding steroid dienone is 2. The fraction of sp³-hybridized carbons (Fsp3) is 0.500. The van der Waals surface area contributed by atoms with Crippen molar-refractivity contribution in [2.75, 3.05) is 32.1 Å². The van der Waals surface area contributed by atoms with Crippen LogP contribution in [-0.2, 0) is 4.74 Å². The summed E-state index contributed by atoms with van der Waals surface area (Å²) >= 11 is 6.35. The summed E-state index contributed by atoms with van der Waals surface area (Å²) in [5.74, 6) is 0. The van der Waals surface area contributed by atoms with Crippen molar-refractivity contribution < 1.29 is 4.74 Å². The maximum absolute atomic E-state index is 6.48. The Morgan fingerprint density at radius 2 is 2.00 bits per heavy atom. The van der Waals surface area contributed by atoms with Crippen LogP contribution in [0, 0.1) is 5.41 Å². The zero-order valence-electron chi connectivity index (χ0n) is 16.6. The van der Waals surface area contributed by atoms with Gasteiger partial charge in [0.2, 0.25) is 0 Å². The van der Waals surface area contributed by atoms with Crippen molar-refractivity contribution in [2.24, 2.45) is 10.4 Å². The van der Waals surface area contributed by atoms with E-state index in [2.05, 4.69) is 60.1 Å². The van der Waals surface area contributed by atoms with Crippen LogP contribution in [0.2, 0.25) is 0 Å². The molecule has 1 aliphatic carbocycles. The van der Waals surface area contributed by atoms with Crippen LogP contribution in [0.25, 0.3) is 0 Å². The molecular weight excluding hydrogens is 358 g/mol. The van der Waals surface area contributed by atoms with Gasteiger partial charge in [-0.15, -0.1) is 0 Å². The zero-order chi connectivity index (χ0) is 19.2. The molecule has 0 aromatic heterocycles. The minimum atomic E-state index is -0.530. The summed E-state index contributed by atoms with van der Waals surface area (Å²) in [5.41, 5.74) is 2.74. The van der Waals surface area contributed by atoms with E-state index in [1.165, 1.54) is 11.3 Å². The van der Waals surface area contributed by atoms with Gasteiger partial charge in [0.15, 0.2) is 5.72 Å². The Bertz CT molecular complexity index is 809. The number of ether oxygens (including phenoxy) is 1. The summed E-state index contributed by atoms with van der Waals surface area (Å²) in [6.45, 7) is 6.29. The third-order valence-electron chi connectivity index (χ3n) is 6.23. The van der Waals surface area contributed by atoms with Gasteiger partial charge >= 0.3 is 0 Å². The van der Waals surface area contributed by atoms with E-state index < -0.39 is 5.72 Å². The highest BCUT2D eigenvalue weighted by atomic mass is 35.5. The maximum atomic E-state index is 6.48. The Labute approximate surface area is 167 Å². The summed E-state index contributed by atoms with van der Waals surface area (Å²) in [6, 6.07) is 8.64. The van der Waals surface area contributed by atoms with Gasteiger partial charge in [-0.3, -0.25) is 9.89 Å². The fourth-order valence-corrected chi connectivity index (χ4v) is 4.87. The number of hydrogen-bond donors (Lipinski definition) is 0. The van der Waals surface area contributed by atoms with E-state index in [9.17, 15) is 0 Å². The van der Waals surface area contributed by atoms with Gasteiger partial charge in [0, 0.05) is 42.8 Å². The minimum absolute atomic E-state index is 0.195. The van der Waals surface area contributed by atoms with Gasteiger partial charge < -0.3 is 9.64 Å². The van der Waals surface area contributed by atoms with E-state index in [-0.39, 0.29) is 5.41 Å². The Kier molecular flexibility index (Phi) is 4.69. The topological polar surface area (TPSA) is 28.1 Å². The predicted molar refractivity (Wildman–Crippen MR) is 113 cm³/mol. The zero-order valence-corrected chi connectivity index (χ0v) is 17.3.